The summed E-state index contributed by atoms with van der Waals surface area (Å²) in [5, 5.41) is 8.89. The first-order valence-corrected chi connectivity index (χ1v) is 5.42. The van der Waals surface area contributed by atoms with Crippen molar-refractivity contribution in [2.75, 3.05) is 0 Å². The van der Waals surface area contributed by atoms with Crippen LogP contribution in [0.2, 0.25) is 5.15 Å². The molecule has 0 aliphatic heterocycles. The highest BCUT2D eigenvalue weighted by atomic mass is 35.5. The van der Waals surface area contributed by atoms with E-state index in [9.17, 15) is 0 Å². The summed E-state index contributed by atoms with van der Waals surface area (Å²) < 4.78 is 5.20. The van der Waals surface area contributed by atoms with Gasteiger partial charge in [0.25, 0.3) is 0 Å². The maximum Gasteiger partial charge on any atom is 0.181 e. The molecular formula is C12H5ClN4O. The Morgan fingerprint density at radius 1 is 1.28 bits per heavy atom. The van der Waals surface area contributed by atoms with E-state index >= 15 is 0 Å². The fourth-order valence-corrected chi connectivity index (χ4v) is 1.74. The number of fused-ring (bicyclic) bond motifs is 1. The van der Waals surface area contributed by atoms with Crippen LogP contribution in [0.4, 0.5) is 0 Å². The molecule has 6 heteroatoms. The lowest BCUT2D eigenvalue weighted by Crippen LogP contribution is -1.92. The maximum atomic E-state index is 8.76. The van der Waals surface area contributed by atoms with Gasteiger partial charge in [0, 0.05) is 5.56 Å². The molecular weight excluding hydrogens is 252 g/mol. The summed E-state index contributed by atoms with van der Waals surface area (Å²) in [4.78, 5) is 12.2. The summed E-state index contributed by atoms with van der Waals surface area (Å²) in [7, 11) is 0. The van der Waals surface area contributed by atoms with Gasteiger partial charge in [0.2, 0.25) is 0 Å². The van der Waals surface area contributed by atoms with Crippen LogP contribution in [0.1, 0.15) is 5.56 Å². The van der Waals surface area contributed by atoms with Crippen LogP contribution in [0.15, 0.2) is 35.2 Å². The van der Waals surface area contributed by atoms with Gasteiger partial charge < -0.3 is 4.42 Å². The van der Waals surface area contributed by atoms with Crippen molar-refractivity contribution in [3.05, 3.63) is 41.5 Å². The van der Waals surface area contributed by atoms with E-state index in [1.807, 2.05) is 18.2 Å². The number of benzene rings is 1. The third kappa shape index (κ3) is 1.69. The van der Waals surface area contributed by atoms with E-state index in [1.54, 1.807) is 6.07 Å². The Kier molecular flexibility index (Phi) is 2.43. The van der Waals surface area contributed by atoms with E-state index in [0.717, 1.165) is 11.1 Å². The highest BCUT2D eigenvalue weighted by Gasteiger charge is 2.08. The minimum atomic E-state index is 0.139. The number of rotatable bonds is 1. The highest BCUT2D eigenvalue weighted by molar-refractivity contribution is 6.30. The smallest absolute Gasteiger partial charge is 0.181 e. The normalized spacial score (nSPS) is 10.4. The van der Waals surface area contributed by atoms with Gasteiger partial charge in [-0.3, -0.25) is 0 Å². The molecule has 2 aromatic heterocycles. The van der Waals surface area contributed by atoms with Crippen LogP contribution in [-0.4, -0.2) is 15.0 Å². The number of oxazole rings is 1. The predicted octanol–water partition coefficient (Wildman–Crippen LogP) is 2.81. The SMILES string of the molecule is N#Cc1cnc(-c2ccc3ncoc3c2)nc1Cl. The molecule has 0 unspecified atom stereocenters. The highest BCUT2D eigenvalue weighted by Crippen LogP contribution is 2.22. The van der Waals surface area contributed by atoms with Gasteiger partial charge in [-0.1, -0.05) is 11.6 Å². The zero-order valence-electron chi connectivity index (χ0n) is 8.96. The average Bonchev–Trinajstić information content (AvgIpc) is 2.85. The monoisotopic (exact) mass is 256 g/mol. The van der Waals surface area contributed by atoms with Gasteiger partial charge in [-0.2, -0.15) is 5.26 Å². The summed E-state index contributed by atoms with van der Waals surface area (Å²) in [5.41, 5.74) is 2.42. The Morgan fingerprint density at radius 2 is 2.17 bits per heavy atom. The summed E-state index contributed by atoms with van der Waals surface area (Å²) in [6.07, 6.45) is 2.77. The molecule has 0 bridgehead atoms. The molecule has 2 heterocycles. The van der Waals surface area contributed by atoms with Crippen molar-refractivity contribution in [2.45, 2.75) is 0 Å². The first kappa shape index (κ1) is 10.7. The van der Waals surface area contributed by atoms with Crippen molar-refractivity contribution in [3.63, 3.8) is 0 Å². The van der Waals surface area contributed by atoms with Gasteiger partial charge in [0.1, 0.15) is 17.1 Å². The molecule has 18 heavy (non-hydrogen) atoms. The molecule has 0 atom stereocenters. The van der Waals surface area contributed by atoms with Crippen LogP contribution in [0.25, 0.3) is 22.5 Å². The number of nitriles is 1. The van der Waals surface area contributed by atoms with Crippen LogP contribution in [-0.2, 0) is 0 Å². The van der Waals surface area contributed by atoms with E-state index in [0.29, 0.717) is 11.4 Å². The summed E-state index contributed by atoms with van der Waals surface area (Å²) in [6.45, 7) is 0. The molecule has 1 aromatic carbocycles. The molecule has 3 aromatic rings. The van der Waals surface area contributed by atoms with Crippen molar-refractivity contribution >= 4 is 22.7 Å². The van der Waals surface area contributed by atoms with Crippen molar-refractivity contribution in [3.8, 4) is 17.5 Å². The fraction of sp³-hybridized carbons (Fsp3) is 0. The van der Waals surface area contributed by atoms with Crippen molar-refractivity contribution < 1.29 is 4.42 Å². The quantitative estimate of drug-likeness (QED) is 0.626. The lowest BCUT2D eigenvalue weighted by Gasteiger charge is -2.00. The van der Waals surface area contributed by atoms with Gasteiger partial charge in [-0.25, -0.2) is 15.0 Å². The molecule has 0 saturated carbocycles. The van der Waals surface area contributed by atoms with Gasteiger partial charge in [0.15, 0.2) is 23.0 Å². The fourth-order valence-electron chi connectivity index (χ4n) is 1.57. The molecule has 0 radical (unpaired) electrons. The second-order valence-electron chi connectivity index (χ2n) is 3.54. The van der Waals surface area contributed by atoms with E-state index in [4.69, 9.17) is 21.3 Å². The Morgan fingerprint density at radius 3 is 2.94 bits per heavy atom. The standard InChI is InChI=1S/C12H5ClN4O/c13-11-8(4-14)5-15-12(17-11)7-1-2-9-10(3-7)18-6-16-9/h1-3,5-6H. The summed E-state index contributed by atoms with van der Waals surface area (Å²) >= 11 is 5.87. The van der Waals surface area contributed by atoms with Crippen molar-refractivity contribution in [1.29, 1.82) is 5.26 Å². The molecule has 86 valence electrons. The first-order chi connectivity index (χ1) is 8.78. The molecule has 0 saturated heterocycles. The third-order valence-corrected chi connectivity index (χ3v) is 2.74. The molecule has 0 aliphatic rings. The Bertz CT molecular complexity index is 775. The minimum absolute atomic E-state index is 0.139. The maximum absolute atomic E-state index is 8.76. The number of aromatic nitrogens is 3. The molecule has 0 N–H and O–H groups in total. The van der Waals surface area contributed by atoms with E-state index < -0.39 is 0 Å². The van der Waals surface area contributed by atoms with Crippen molar-refractivity contribution in [2.24, 2.45) is 0 Å². The molecule has 3 rings (SSSR count). The van der Waals surface area contributed by atoms with Crippen LogP contribution in [0, 0.1) is 11.3 Å². The first-order valence-electron chi connectivity index (χ1n) is 5.04. The number of hydrogen-bond donors (Lipinski definition) is 0. The topological polar surface area (TPSA) is 75.6 Å². The Hall–Kier alpha value is -2.45. The van der Waals surface area contributed by atoms with Gasteiger partial charge >= 0.3 is 0 Å². The van der Waals surface area contributed by atoms with Crippen LogP contribution >= 0.6 is 11.6 Å². The lowest BCUT2D eigenvalue weighted by molar-refractivity contribution is 0.602. The molecule has 0 fully saturated rings. The second-order valence-corrected chi connectivity index (χ2v) is 3.90. The Balaban J connectivity index is 2.14. The van der Waals surface area contributed by atoms with Crippen molar-refractivity contribution in [1.82, 2.24) is 15.0 Å². The number of halogens is 1. The van der Waals surface area contributed by atoms with E-state index in [-0.39, 0.29) is 10.7 Å². The van der Waals surface area contributed by atoms with E-state index in [2.05, 4.69) is 15.0 Å². The van der Waals surface area contributed by atoms with Gasteiger partial charge in [-0.05, 0) is 18.2 Å². The molecule has 0 spiro atoms. The summed E-state index contributed by atoms with van der Waals surface area (Å²) in [5.74, 6) is 0.442. The molecule has 5 nitrogen and oxygen atoms in total. The molecule has 0 aliphatic carbocycles. The van der Waals surface area contributed by atoms with Gasteiger partial charge in [0.05, 0.1) is 6.20 Å². The number of nitrogens with zero attached hydrogens (tertiary/aromatic N) is 4. The second kappa shape index (κ2) is 4.09. The molecule has 0 amide bonds. The minimum Gasteiger partial charge on any atom is -0.443 e. The largest absolute Gasteiger partial charge is 0.443 e. The van der Waals surface area contributed by atoms with Crippen LogP contribution in [0.5, 0.6) is 0 Å². The van der Waals surface area contributed by atoms with Gasteiger partial charge in [-0.15, -0.1) is 0 Å². The lowest BCUT2D eigenvalue weighted by atomic mass is 10.2. The average molecular weight is 257 g/mol. The summed E-state index contributed by atoms with van der Waals surface area (Å²) in [6, 6.07) is 7.32. The van der Waals surface area contributed by atoms with Crippen LogP contribution in [0.3, 0.4) is 0 Å². The Labute approximate surface area is 107 Å². The number of hydrogen-bond acceptors (Lipinski definition) is 5. The predicted molar refractivity (Wildman–Crippen MR) is 64.8 cm³/mol. The third-order valence-electron chi connectivity index (χ3n) is 2.45. The zero-order valence-corrected chi connectivity index (χ0v) is 9.72. The zero-order chi connectivity index (χ0) is 12.5. The van der Waals surface area contributed by atoms with E-state index in [1.165, 1.54) is 12.6 Å². The van der Waals surface area contributed by atoms with Crippen LogP contribution < -0.4 is 0 Å².